The van der Waals surface area contributed by atoms with Crippen LogP contribution < -0.4 is 5.32 Å². The van der Waals surface area contributed by atoms with E-state index in [0.717, 1.165) is 23.2 Å². The van der Waals surface area contributed by atoms with Gasteiger partial charge in [-0.3, -0.25) is 9.69 Å². The fourth-order valence-electron chi connectivity index (χ4n) is 3.43. The van der Waals surface area contributed by atoms with Gasteiger partial charge < -0.3 is 10.1 Å². The Morgan fingerprint density at radius 1 is 1.19 bits per heavy atom. The minimum Gasteiger partial charge on any atom is -0.445 e. The summed E-state index contributed by atoms with van der Waals surface area (Å²) in [7, 11) is 0. The second kappa shape index (κ2) is 9.41. The van der Waals surface area contributed by atoms with E-state index in [-0.39, 0.29) is 12.5 Å². The third-order valence-corrected chi connectivity index (χ3v) is 5.80. The highest BCUT2D eigenvalue weighted by Gasteiger charge is 2.35. The number of anilines is 1. The first kappa shape index (κ1) is 20.6. The number of nitrogens with zero attached hydrogens (tertiary/aromatic N) is 3. The number of ether oxygens (including phenoxy) is 1. The number of aromatic nitrogens is 1. The van der Waals surface area contributed by atoms with E-state index in [1.807, 2.05) is 47.8 Å². The zero-order valence-electron chi connectivity index (χ0n) is 16.7. The molecule has 7 nitrogen and oxygen atoms in total. The lowest BCUT2D eigenvalue weighted by Gasteiger charge is -2.22. The highest BCUT2D eigenvalue weighted by atomic mass is 32.1. The van der Waals surface area contributed by atoms with E-state index < -0.39 is 12.1 Å². The molecule has 0 bridgehead atoms. The largest absolute Gasteiger partial charge is 0.445 e. The molecule has 31 heavy (non-hydrogen) atoms. The average molecular weight is 433 g/mol. The number of amides is 2. The number of carbonyl (C=O) groups is 2. The van der Waals surface area contributed by atoms with Gasteiger partial charge >= 0.3 is 6.09 Å². The van der Waals surface area contributed by atoms with Gasteiger partial charge in [0.15, 0.2) is 5.13 Å². The average Bonchev–Trinajstić information content (AvgIpc) is 3.48. The molecule has 1 N–H and O–H groups in total. The molecule has 1 atom stereocenters. The van der Waals surface area contributed by atoms with Gasteiger partial charge in [0.25, 0.3) is 0 Å². The number of thiazole rings is 1. The van der Waals surface area contributed by atoms with E-state index in [0.29, 0.717) is 23.7 Å². The molecule has 1 fully saturated rings. The second-order valence-corrected chi connectivity index (χ2v) is 7.97. The molecule has 0 radical (unpaired) electrons. The van der Waals surface area contributed by atoms with Gasteiger partial charge in [-0.15, -0.1) is 11.3 Å². The monoisotopic (exact) mass is 432 g/mol. The second-order valence-electron chi connectivity index (χ2n) is 7.11. The Hall–Kier alpha value is -3.70. The van der Waals surface area contributed by atoms with E-state index in [1.165, 1.54) is 16.2 Å². The van der Waals surface area contributed by atoms with Crippen LogP contribution >= 0.6 is 11.3 Å². The Morgan fingerprint density at radius 3 is 2.71 bits per heavy atom. The van der Waals surface area contributed by atoms with Gasteiger partial charge in [0, 0.05) is 17.5 Å². The number of nitrogens with one attached hydrogen (secondary N) is 1. The van der Waals surface area contributed by atoms with Crippen LogP contribution in [0.25, 0.3) is 11.3 Å². The van der Waals surface area contributed by atoms with E-state index >= 15 is 0 Å². The summed E-state index contributed by atoms with van der Waals surface area (Å²) in [6.07, 6.45) is 0.839. The lowest BCUT2D eigenvalue weighted by atomic mass is 10.1. The predicted octanol–water partition coefficient (Wildman–Crippen LogP) is 4.42. The molecule has 1 aromatic heterocycles. The van der Waals surface area contributed by atoms with Gasteiger partial charge in [-0.25, -0.2) is 9.78 Å². The van der Waals surface area contributed by atoms with E-state index in [4.69, 9.17) is 10.00 Å². The maximum absolute atomic E-state index is 12.8. The standard InChI is InChI=1S/C23H20N4O3S/c24-13-16-8-10-18(11-9-16)19-15-31-22(25-19)26-21(28)20-7-4-12-27(20)23(29)30-14-17-5-2-1-3-6-17/h1-3,5-6,8-11,15,20H,4,7,12,14H2,(H,25,26,28). The molecular weight excluding hydrogens is 412 g/mol. The maximum Gasteiger partial charge on any atom is 0.410 e. The number of likely N-dealkylation sites (tertiary alicyclic amines) is 1. The molecule has 0 aliphatic carbocycles. The van der Waals surface area contributed by atoms with Crippen molar-refractivity contribution in [3.05, 3.63) is 71.1 Å². The van der Waals surface area contributed by atoms with Crippen LogP contribution in [0, 0.1) is 11.3 Å². The van der Waals surface area contributed by atoms with Gasteiger partial charge in [-0.05, 0) is 30.5 Å². The summed E-state index contributed by atoms with van der Waals surface area (Å²) in [5.74, 6) is -0.269. The van der Waals surface area contributed by atoms with Crippen LogP contribution in [0.5, 0.6) is 0 Å². The Bertz CT molecular complexity index is 1110. The van der Waals surface area contributed by atoms with E-state index in [1.54, 1.807) is 12.1 Å². The molecule has 8 heteroatoms. The van der Waals surface area contributed by atoms with Gasteiger partial charge in [0.2, 0.25) is 5.91 Å². The van der Waals surface area contributed by atoms with Crippen LogP contribution in [0.1, 0.15) is 24.0 Å². The normalized spacial score (nSPS) is 15.3. The minimum atomic E-state index is -0.578. The van der Waals surface area contributed by atoms with Gasteiger partial charge in [0.1, 0.15) is 12.6 Å². The van der Waals surface area contributed by atoms with Crippen molar-refractivity contribution in [1.29, 1.82) is 5.26 Å². The van der Waals surface area contributed by atoms with Crippen LogP contribution in [0.4, 0.5) is 9.93 Å². The van der Waals surface area contributed by atoms with Crippen LogP contribution in [-0.4, -0.2) is 34.5 Å². The first-order valence-corrected chi connectivity index (χ1v) is 10.8. The molecular formula is C23H20N4O3S. The number of benzene rings is 2. The number of hydrogen-bond acceptors (Lipinski definition) is 6. The zero-order chi connectivity index (χ0) is 21.6. The van der Waals surface area contributed by atoms with E-state index in [9.17, 15) is 9.59 Å². The molecule has 1 unspecified atom stereocenters. The SMILES string of the molecule is N#Cc1ccc(-c2csc(NC(=O)C3CCCN3C(=O)OCc3ccccc3)n2)cc1. The molecule has 2 aromatic carbocycles. The molecule has 2 amide bonds. The Kier molecular flexibility index (Phi) is 6.24. The third kappa shape index (κ3) is 4.90. The molecule has 1 saturated heterocycles. The van der Waals surface area contributed by atoms with Crippen molar-refractivity contribution >= 4 is 28.5 Å². The first-order valence-electron chi connectivity index (χ1n) is 9.88. The summed E-state index contributed by atoms with van der Waals surface area (Å²) in [5.41, 5.74) is 3.06. The van der Waals surface area contributed by atoms with Crippen molar-refractivity contribution in [1.82, 2.24) is 9.88 Å². The van der Waals surface area contributed by atoms with E-state index in [2.05, 4.69) is 16.4 Å². The van der Waals surface area contributed by atoms with Crippen molar-refractivity contribution in [2.75, 3.05) is 11.9 Å². The smallest absolute Gasteiger partial charge is 0.410 e. The summed E-state index contributed by atoms with van der Waals surface area (Å²) in [4.78, 5) is 31.3. The Balaban J connectivity index is 1.37. The molecule has 1 aliphatic rings. The molecule has 156 valence electrons. The third-order valence-electron chi connectivity index (χ3n) is 5.04. The molecule has 1 aliphatic heterocycles. The van der Waals surface area contributed by atoms with Crippen LogP contribution in [0.2, 0.25) is 0 Å². The lowest BCUT2D eigenvalue weighted by molar-refractivity contribution is -0.120. The van der Waals surface area contributed by atoms with Crippen LogP contribution in [-0.2, 0) is 16.1 Å². The lowest BCUT2D eigenvalue weighted by Crippen LogP contribution is -2.43. The first-order chi connectivity index (χ1) is 15.1. The topological polar surface area (TPSA) is 95.3 Å². The predicted molar refractivity (Wildman–Crippen MR) is 117 cm³/mol. The van der Waals surface area contributed by atoms with Gasteiger partial charge in [-0.2, -0.15) is 5.26 Å². The number of hydrogen-bond donors (Lipinski definition) is 1. The highest BCUT2D eigenvalue weighted by Crippen LogP contribution is 2.26. The summed E-state index contributed by atoms with van der Waals surface area (Å²) in [6, 6.07) is 18.0. The summed E-state index contributed by atoms with van der Waals surface area (Å²) < 4.78 is 5.39. The molecule has 2 heterocycles. The molecule has 4 rings (SSSR count). The van der Waals surface area contributed by atoms with Crippen molar-refractivity contribution in [2.24, 2.45) is 0 Å². The summed E-state index contributed by atoms with van der Waals surface area (Å²) in [5, 5.41) is 14.0. The quantitative estimate of drug-likeness (QED) is 0.644. The fraction of sp³-hybridized carbons (Fsp3) is 0.217. The number of rotatable bonds is 5. The van der Waals surface area contributed by atoms with Gasteiger partial charge in [0.05, 0.1) is 17.3 Å². The van der Waals surface area contributed by atoms with Crippen molar-refractivity contribution < 1.29 is 14.3 Å². The fourth-order valence-corrected chi connectivity index (χ4v) is 4.15. The van der Waals surface area contributed by atoms with Crippen molar-refractivity contribution in [2.45, 2.75) is 25.5 Å². The molecule has 0 spiro atoms. The Morgan fingerprint density at radius 2 is 1.97 bits per heavy atom. The van der Waals surface area contributed by atoms with Crippen LogP contribution in [0.3, 0.4) is 0 Å². The summed E-state index contributed by atoms with van der Waals surface area (Å²) >= 11 is 1.32. The number of carbonyl (C=O) groups excluding carboxylic acids is 2. The zero-order valence-corrected chi connectivity index (χ0v) is 17.5. The highest BCUT2D eigenvalue weighted by molar-refractivity contribution is 7.14. The van der Waals surface area contributed by atoms with Crippen LogP contribution in [0.15, 0.2) is 60.0 Å². The maximum atomic E-state index is 12.8. The van der Waals surface area contributed by atoms with Crippen molar-refractivity contribution in [3.63, 3.8) is 0 Å². The van der Waals surface area contributed by atoms with Gasteiger partial charge in [-0.1, -0.05) is 42.5 Å². The minimum absolute atomic E-state index is 0.172. The Labute approximate surface area is 183 Å². The summed E-state index contributed by atoms with van der Waals surface area (Å²) in [6.45, 7) is 0.658. The van der Waals surface area contributed by atoms with Crippen molar-refractivity contribution in [3.8, 4) is 17.3 Å². The molecule has 3 aromatic rings. The number of nitriles is 1. The molecule has 0 saturated carbocycles.